The number of amides is 1. The Hall–Kier alpha value is -3.71. The molecule has 4 aromatic rings. The van der Waals surface area contributed by atoms with Crippen molar-refractivity contribution < 1.29 is 19.1 Å². The second-order valence-electron chi connectivity index (χ2n) is 7.64. The Morgan fingerprint density at radius 2 is 1.94 bits per heavy atom. The van der Waals surface area contributed by atoms with Crippen LogP contribution in [0.15, 0.2) is 76.4 Å². The highest BCUT2D eigenvalue weighted by atomic mass is 32.1. The Morgan fingerprint density at radius 3 is 2.62 bits per heavy atom. The summed E-state index contributed by atoms with van der Waals surface area (Å²) in [4.78, 5) is 32.6. The number of thiazole rings is 1. The predicted molar refractivity (Wildman–Crippen MR) is 123 cm³/mol. The Kier molecular flexibility index (Phi) is 4.90. The minimum Gasteiger partial charge on any atom is -0.503 e. The maximum atomic E-state index is 13.3. The van der Waals surface area contributed by atoms with E-state index < -0.39 is 23.5 Å². The number of furan rings is 1. The summed E-state index contributed by atoms with van der Waals surface area (Å²) in [5.74, 6) is -1.10. The van der Waals surface area contributed by atoms with Crippen LogP contribution in [0, 0.1) is 6.92 Å². The molecule has 0 saturated heterocycles. The number of hydrogen-bond acceptors (Lipinski definition) is 6. The van der Waals surface area contributed by atoms with Gasteiger partial charge in [0, 0.05) is 0 Å². The van der Waals surface area contributed by atoms with Gasteiger partial charge < -0.3 is 9.52 Å². The lowest BCUT2D eigenvalue weighted by Crippen LogP contribution is -2.30. The molecular weight excluding hydrogens is 424 g/mol. The number of rotatable bonds is 5. The molecule has 2 aromatic carbocycles. The van der Waals surface area contributed by atoms with Gasteiger partial charge in [0.25, 0.3) is 5.91 Å². The number of carbonyl (C=O) groups excluding carboxylic acids is 2. The van der Waals surface area contributed by atoms with Crippen LogP contribution in [-0.4, -0.2) is 21.8 Å². The molecule has 0 unspecified atom stereocenters. The molecule has 3 heterocycles. The molecule has 1 N–H and O–H groups in total. The van der Waals surface area contributed by atoms with Gasteiger partial charge in [0.15, 0.2) is 16.7 Å². The van der Waals surface area contributed by atoms with Gasteiger partial charge >= 0.3 is 0 Å². The molecule has 1 atom stereocenters. The highest BCUT2D eigenvalue weighted by molar-refractivity contribution is 7.22. The second-order valence-corrected chi connectivity index (χ2v) is 8.65. The fourth-order valence-corrected chi connectivity index (χ4v) is 5.01. The van der Waals surface area contributed by atoms with Gasteiger partial charge in [-0.2, -0.15) is 0 Å². The van der Waals surface area contributed by atoms with Crippen molar-refractivity contribution in [2.45, 2.75) is 26.3 Å². The number of anilines is 1. The van der Waals surface area contributed by atoms with E-state index >= 15 is 0 Å². The lowest BCUT2D eigenvalue weighted by atomic mass is 9.95. The quantitative estimate of drug-likeness (QED) is 0.409. The first-order valence-electron chi connectivity index (χ1n) is 10.3. The Balaban J connectivity index is 1.66. The molecule has 0 saturated carbocycles. The van der Waals surface area contributed by atoms with Crippen molar-refractivity contribution in [2.24, 2.45) is 0 Å². The van der Waals surface area contributed by atoms with E-state index in [2.05, 4.69) is 18.0 Å². The van der Waals surface area contributed by atoms with Crippen molar-refractivity contribution in [3.05, 3.63) is 94.6 Å². The van der Waals surface area contributed by atoms with Crippen molar-refractivity contribution in [3.8, 4) is 0 Å². The van der Waals surface area contributed by atoms with E-state index in [-0.39, 0.29) is 11.3 Å². The Labute approximate surface area is 188 Å². The first-order valence-corrected chi connectivity index (χ1v) is 11.1. The van der Waals surface area contributed by atoms with Crippen LogP contribution in [-0.2, 0) is 11.2 Å². The summed E-state index contributed by atoms with van der Waals surface area (Å²) in [6.45, 7) is 3.81. The number of aromatic nitrogens is 1. The summed E-state index contributed by atoms with van der Waals surface area (Å²) in [5, 5.41) is 11.2. The topological polar surface area (TPSA) is 83.6 Å². The highest BCUT2D eigenvalue weighted by Gasteiger charge is 2.46. The molecule has 1 aliphatic rings. The zero-order valence-corrected chi connectivity index (χ0v) is 18.3. The molecule has 6 nitrogen and oxygen atoms in total. The van der Waals surface area contributed by atoms with Crippen LogP contribution in [0.2, 0.25) is 0 Å². The maximum absolute atomic E-state index is 13.3. The average Bonchev–Trinajstić information content (AvgIpc) is 3.49. The van der Waals surface area contributed by atoms with Crippen molar-refractivity contribution >= 4 is 38.4 Å². The van der Waals surface area contributed by atoms with Crippen molar-refractivity contribution in [1.29, 1.82) is 0 Å². The van der Waals surface area contributed by atoms with Crippen molar-refractivity contribution in [1.82, 2.24) is 4.98 Å². The van der Waals surface area contributed by atoms with Crippen LogP contribution in [0.3, 0.4) is 0 Å². The van der Waals surface area contributed by atoms with Crippen LogP contribution in [0.4, 0.5) is 5.13 Å². The molecule has 0 aliphatic carbocycles. The molecule has 32 heavy (non-hydrogen) atoms. The highest BCUT2D eigenvalue weighted by Crippen LogP contribution is 2.44. The van der Waals surface area contributed by atoms with E-state index in [1.54, 1.807) is 19.1 Å². The van der Waals surface area contributed by atoms with Gasteiger partial charge in [-0.3, -0.25) is 14.5 Å². The number of fused-ring (bicyclic) bond motifs is 1. The summed E-state index contributed by atoms with van der Waals surface area (Å²) >= 11 is 1.36. The summed E-state index contributed by atoms with van der Waals surface area (Å²) < 4.78 is 6.45. The molecule has 160 valence electrons. The fraction of sp³-hybridized carbons (Fsp3) is 0.160. The molecule has 7 heteroatoms. The predicted octanol–water partition coefficient (Wildman–Crippen LogP) is 5.54. The van der Waals surface area contributed by atoms with E-state index in [4.69, 9.17) is 4.42 Å². The number of aryl methyl sites for hydroxylation is 2. The van der Waals surface area contributed by atoms with Crippen LogP contribution in [0.5, 0.6) is 0 Å². The summed E-state index contributed by atoms with van der Waals surface area (Å²) in [6.07, 6.45) is 0.891. The minimum absolute atomic E-state index is 0.0101. The molecule has 0 fully saturated rings. The third kappa shape index (κ3) is 3.22. The first kappa shape index (κ1) is 20.2. The standard InChI is InChI=1S/C25H20N2O4S/c1-3-15-10-11-17-19(13-15)32-25(26-17)27-21(16-7-5-4-6-8-16)20(23(29)24(27)30)22(28)18-12-9-14(2)31-18/h4-13,21,29H,3H2,1-2H3/t21-/m0/s1. The molecule has 1 amide bonds. The maximum Gasteiger partial charge on any atom is 0.296 e. The lowest BCUT2D eigenvalue weighted by molar-refractivity contribution is -0.117. The number of carbonyl (C=O) groups is 2. The van der Waals surface area contributed by atoms with Gasteiger partial charge in [-0.1, -0.05) is 54.7 Å². The van der Waals surface area contributed by atoms with Gasteiger partial charge in [0.1, 0.15) is 5.76 Å². The zero-order chi connectivity index (χ0) is 22.4. The lowest BCUT2D eigenvalue weighted by Gasteiger charge is -2.24. The molecule has 0 radical (unpaired) electrons. The van der Waals surface area contributed by atoms with E-state index in [9.17, 15) is 14.7 Å². The third-order valence-electron chi connectivity index (χ3n) is 5.59. The average molecular weight is 445 g/mol. The van der Waals surface area contributed by atoms with E-state index in [0.717, 1.165) is 16.6 Å². The fourth-order valence-electron chi connectivity index (χ4n) is 3.95. The molecule has 5 rings (SSSR count). The van der Waals surface area contributed by atoms with Gasteiger partial charge in [0.05, 0.1) is 21.8 Å². The summed E-state index contributed by atoms with van der Waals surface area (Å²) in [7, 11) is 0. The SMILES string of the molecule is CCc1ccc2nc(N3C(=O)C(O)=C(C(=O)c4ccc(C)o4)[C@@H]3c3ccccc3)sc2c1. The van der Waals surface area contributed by atoms with E-state index in [1.165, 1.54) is 21.8 Å². The number of aliphatic hydroxyl groups excluding tert-OH is 1. The monoisotopic (exact) mass is 444 g/mol. The number of Topliss-reactive ketones (excluding diaryl/α,β-unsaturated/α-hetero) is 1. The number of benzene rings is 2. The molecule has 1 aliphatic heterocycles. The molecule has 2 aromatic heterocycles. The van der Waals surface area contributed by atoms with Crippen LogP contribution < -0.4 is 4.90 Å². The number of ketones is 1. The zero-order valence-electron chi connectivity index (χ0n) is 17.5. The van der Waals surface area contributed by atoms with Crippen LogP contribution in [0.25, 0.3) is 10.2 Å². The molecule has 0 bridgehead atoms. The smallest absolute Gasteiger partial charge is 0.296 e. The van der Waals surface area contributed by atoms with Crippen molar-refractivity contribution in [2.75, 3.05) is 4.90 Å². The first-order chi connectivity index (χ1) is 15.5. The van der Waals surface area contributed by atoms with E-state index in [1.807, 2.05) is 42.5 Å². The summed E-state index contributed by atoms with van der Waals surface area (Å²) in [6, 6.07) is 17.6. The number of aliphatic hydroxyl groups is 1. The normalized spacial score (nSPS) is 16.4. The largest absolute Gasteiger partial charge is 0.503 e. The third-order valence-corrected chi connectivity index (χ3v) is 6.61. The van der Waals surface area contributed by atoms with E-state index in [0.29, 0.717) is 16.5 Å². The number of nitrogens with zero attached hydrogens (tertiary/aromatic N) is 2. The summed E-state index contributed by atoms with van der Waals surface area (Å²) in [5.41, 5.74) is 2.63. The second kappa shape index (κ2) is 7.76. The van der Waals surface area contributed by atoms with Gasteiger partial charge in [-0.25, -0.2) is 4.98 Å². The molecule has 0 spiro atoms. The van der Waals surface area contributed by atoms with Gasteiger partial charge in [-0.15, -0.1) is 0 Å². The van der Waals surface area contributed by atoms with Gasteiger partial charge in [0.2, 0.25) is 5.78 Å². The van der Waals surface area contributed by atoms with Crippen LogP contribution >= 0.6 is 11.3 Å². The Morgan fingerprint density at radius 1 is 1.16 bits per heavy atom. The minimum atomic E-state index is -0.812. The van der Waals surface area contributed by atoms with Crippen molar-refractivity contribution in [3.63, 3.8) is 0 Å². The molecular formula is C25H20N2O4S. The van der Waals surface area contributed by atoms with Crippen LogP contribution in [0.1, 0.15) is 40.4 Å². The number of hydrogen-bond donors (Lipinski definition) is 1. The Bertz CT molecular complexity index is 1380. The van der Waals surface area contributed by atoms with Gasteiger partial charge in [-0.05, 0) is 48.7 Å².